The molecule has 0 aliphatic heterocycles. The first-order chi connectivity index (χ1) is 7.77. The number of carbonyl (C=O) groups is 1. The van der Waals surface area contributed by atoms with E-state index in [0.29, 0.717) is 11.8 Å². The van der Waals surface area contributed by atoms with Gasteiger partial charge in [0.1, 0.15) is 0 Å². The summed E-state index contributed by atoms with van der Waals surface area (Å²) in [5.41, 5.74) is 0. The summed E-state index contributed by atoms with van der Waals surface area (Å²) in [6.07, 6.45) is 8.40. The quantitative estimate of drug-likeness (QED) is 0.685. The third-order valence-electron chi connectivity index (χ3n) is 3.48. The highest BCUT2D eigenvalue weighted by atomic mass is 79.9. The second-order valence-corrected chi connectivity index (χ2v) is 5.52. The second-order valence-electron chi connectivity index (χ2n) is 4.72. The molecule has 2 nitrogen and oxygen atoms in total. The number of rotatable bonds is 6. The van der Waals surface area contributed by atoms with Crippen LogP contribution in [0.3, 0.4) is 0 Å². The molecule has 1 rings (SSSR count). The summed E-state index contributed by atoms with van der Waals surface area (Å²) in [6, 6.07) is 0. The minimum Gasteiger partial charge on any atom is -0.343 e. The van der Waals surface area contributed by atoms with Crippen molar-refractivity contribution in [2.45, 2.75) is 51.9 Å². The van der Waals surface area contributed by atoms with Crippen LogP contribution in [0.2, 0.25) is 0 Å². The Balaban J connectivity index is 2.29. The van der Waals surface area contributed by atoms with E-state index in [4.69, 9.17) is 0 Å². The molecule has 0 aromatic heterocycles. The lowest BCUT2D eigenvalue weighted by molar-refractivity contribution is -0.132. The van der Waals surface area contributed by atoms with Crippen LogP contribution in [0.4, 0.5) is 0 Å². The molecule has 0 N–H and O–H groups in total. The number of hydrogen-bond acceptors (Lipinski definition) is 1. The van der Waals surface area contributed by atoms with Crippen LogP contribution in [0.5, 0.6) is 0 Å². The Kier molecular flexibility index (Phi) is 7.10. The van der Waals surface area contributed by atoms with Crippen molar-refractivity contribution in [3.05, 3.63) is 0 Å². The van der Waals surface area contributed by atoms with E-state index in [1.165, 1.54) is 32.1 Å². The smallest absolute Gasteiger partial charge is 0.222 e. The van der Waals surface area contributed by atoms with Gasteiger partial charge in [0, 0.05) is 24.8 Å². The third-order valence-corrected chi connectivity index (χ3v) is 4.04. The lowest BCUT2D eigenvalue weighted by atomic mass is 9.86. The third kappa shape index (κ3) is 4.86. The topological polar surface area (TPSA) is 20.3 Å². The second kappa shape index (κ2) is 8.10. The van der Waals surface area contributed by atoms with Crippen molar-refractivity contribution in [2.75, 3.05) is 18.4 Å². The first kappa shape index (κ1) is 14.0. The molecular weight excluding hydrogens is 266 g/mol. The summed E-state index contributed by atoms with van der Waals surface area (Å²) in [7, 11) is 0. The van der Waals surface area contributed by atoms with E-state index in [1.807, 2.05) is 4.90 Å². The van der Waals surface area contributed by atoms with Gasteiger partial charge >= 0.3 is 0 Å². The fourth-order valence-electron chi connectivity index (χ4n) is 2.48. The molecule has 0 spiro atoms. The van der Waals surface area contributed by atoms with Crippen LogP contribution in [0, 0.1) is 5.92 Å². The highest BCUT2D eigenvalue weighted by Gasteiger charge is 2.19. The number of amides is 1. The predicted octanol–water partition coefficient (Wildman–Crippen LogP) is 3.59. The van der Waals surface area contributed by atoms with Gasteiger partial charge in [0.2, 0.25) is 5.91 Å². The molecule has 0 radical (unpaired) electrons. The average molecular weight is 290 g/mol. The molecule has 0 unspecified atom stereocenters. The van der Waals surface area contributed by atoms with Crippen LogP contribution >= 0.6 is 15.9 Å². The number of halogens is 1. The van der Waals surface area contributed by atoms with Crippen molar-refractivity contribution in [1.82, 2.24) is 4.90 Å². The molecule has 16 heavy (non-hydrogen) atoms. The molecule has 1 saturated carbocycles. The van der Waals surface area contributed by atoms with E-state index in [-0.39, 0.29) is 0 Å². The van der Waals surface area contributed by atoms with E-state index in [0.717, 1.165) is 31.3 Å². The molecule has 1 fully saturated rings. The van der Waals surface area contributed by atoms with E-state index in [2.05, 4.69) is 22.9 Å². The van der Waals surface area contributed by atoms with E-state index < -0.39 is 0 Å². The summed E-state index contributed by atoms with van der Waals surface area (Å²) >= 11 is 3.42. The summed E-state index contributed by atoms with van der Waals surface area (Å²) in [5.74, 6) is 1.04. The molecule has 0 bridgehead atoms. The Morgan fingerprint density at radius 1 is 1.31 bits per heavy atom. The largest absolute Gasteiger partial charge is 0.343 e. The van der Waals surface area contributed by atoms with Crippen molar-refractivity contribution in [3.63, 3.8) is 0 Å². The van der Waals surface area contributed by atoms with Gasteiger partial charge in [0.05, 0.1) is 0 Å². The van der Waals surface area contributed by atoms with Crippen molar-refractivity contribution in [3.8, 4) is 0 Å². The van der Waals surface area contributed by atoms with Gasteiger partial charge in [-0.25, -0.2) is 0 Å². The zero-order valence-electron chi connectivity index (χ0n) is 10.4. The highest BCUT2D eigenvalue weighted by Crippen LogP contribution is 2.26. The predicted molar refractivity (Wildman–Crippen MR) is 71.9 cm³/mol. The number of carbonyl (C=O) groups excluding carboxylic acids is 1. The van der Waals surface area contributed by atoms with Gasteiger partial charge in [-0.05, 0) is 32.1 Å². The monoisotopic (exact) mass is 289 g/mol. The maximum absolute atomic E-state index is 12.1. The maximum Gasteiger partial charge on any atom is 0.222 e. The van der Waals surface area contributed by atoms with Gasteiger partial charge in [-0.3, -0.25) is 4.79 Å². The first-order valence-corrected chi connectivity index (χ1v) is 7.73. The minimum absolute atomic E-state index is 0.371. The average Bonchev–Trinajstić information content (AvgIpc) is 2.31. The lowest BCUT2D eigenvalue weighted by Gasteiger charge is -2.26. The first-order valence-electron chi connectivity index (χ1n) is 6.61. The van der Waals surface area contributed by atoms with Gasteiger partial charge in [0.15, 0.2) is 0 Å². The summed E-state index contributed by atoms with van der Waals surface area (Å²) in [5, 5.41) is 0.986. The van der Waals surface area contributed by atoms with E-state index in [9.17, 15) is 4.79 Å². The molecule has 0 aromatic carbocycles. The molecule has 94 valence electrons. The summed E-state index contributed by atoms with van der Waals surface area (Å²) < 4.78 is 0. The molecule has 0 saturated heterocycles. The van der Waals surface area contributed by atoms with Gasteiger partial charge in [-0.1, -0.05) is 35.2 Å². The molecule has 1 aliphatic rings. The fraction of sp³-hybridized carbons (Fsp3) is 0.923. The van der Waals surface area contributed by atoms with Crippen LogP contribution in [0.15, 0.2) is 0 Å². The minimum atomic E-state index is 0.371. The van der Waals surface area contributed by atoms with Crippen LogP contribution < -0.4 is 0 Å². The van der Waals surface area contributed by atoms with Crippen LogP contribution in [0.1, 0.15) is 51.9 Å². The molecule has 1 amide bonds. The maximum atomic E-state index is 12.1. The zero-order valence-corrected chi connectivity index (χ0v) is 12.0. The zero-order chi connectivity index (χ0) is 11.8. The van der Waals surface area contributed by atoms with Gasteiger partial charge in [-0.2, -0.15) is 0 Å². The Hall–Kier alpha value is -0.0500. The van der Waals surface area contributed by atoms with Crippen LogP contribution in [-0.2, 0) is 4.79 Å². The molecule has 3 heteroatoms. The molecule has 0 heterocycles. The van der Waals surface area contributed by atoms with Gasteiger partial charge in [-0.15, -0.1) is 0 Å². The van der Waals surface area contributed by atoms with Crippen molar-refractivity contribution < 1.29 is 4.79 Å². The fourth-order valence-corrected chi connectivity index (χ4v) is 2.73. The van der Waals surface area contributed by atoms with Crippen LogP contribution in [0.25, 0.3) is 0 Å². The molecule has 0 aromatic rings. The number of hydrogen-bond donors (Lipinski definition) is 0. The number of nitrogens with zero attached hydrogens (tertiary/aromatic N) is 1. The highest BCUT2D eigenvalue weighted by molar-refractivity contribution is 9.09. The van der Waals surface area contributed by atoms with Crippen molar-refractivity contribution >= 4 is 21.8 Å². The molecule has 1 aliphatic carbocycles. The van der Waals surface area contributed by atoms with Crippen LogP contribution in [-0.4, -0.2) is 29.2 Å². The molecular formula is C13H24BrNO. The normalized spacial score (nSPS) is 17.4. The van der Waals surface area contributed by atoms with Gasteiger partial charge < -0.3 is 4.90 Å². The van der Waals surface area contributed by atoms with Gasteiger partial charge in [0.25, 0.3) is 0 Å². The standard InChI is InChI=1S/C13H24BrNO/c1-2-15(10-6-9-14)13(16)11-12-7-4-3-5-8-12/h12H,2-11H2,1H3. The summed E-state index contributed by atoms with van der Waals surface area (Å²) in [6.45, 7) is 3.85. The Morgan fingerprint density at radius 2 is 2.00 bits per heavy atom. The molecule has 0 atom stereocenters. The Morgan fingerprint density at radius 3 is 2.56 bits per heavy atom. The van der Waals surface area contributed by atoms with E-state index >= 15 is 0 Å². The van der Waals surface area contributed by atoms with Crippen molar-refractivity contribution in [1.29, 1.82) is 0 Å². The SMILES string of the molecule is CCN(CCCBr)C(=O)CC1CCCCC1. The Labute approximate surface area is 108 Å². The van der Waals surface area contributed by atoms with Crippen molar-refractivity contribution in [2.24, 2.45) is 5.92 Å². The number of alkyl halides is 1. The van der Waals surface area contributed by atoms with E-state index in [1.54, 1.807) is 0 Å². The Bertz CT molecular complexity index is 202. The lowest BCUT2D eigenvalue weighted by Crippen LogP contribution is -2.33. The summed E-state index contributed by atoms with van der Waals surface area (Å²) in [4.78, 5) is 14.1.